The molecule has 0 bridgehead atoms. The SMILES string of the molecule is C[C@@]1(c2ccnc(-c3cc(Cl)cc(Cl)c3)c2)N=C(N)CO[C@@H]1F. The van der Waals surface area contributed by atoms with Crippen LogP contribution in [0.25, 0.3) is 11.3 Å². The third-order valence-corrected chi connectivity index (χ3v) is 4.13. The van der Waals surface area contributed by atoms with E-state index >= 15 is 0 Å². The Morgan fingerprint density at radius 1 is 1.26 bits per heavy atom. The van der Waals surface area contributed by atoms with Crippen LogP contribution in [0.3, 0.4) is 0 Å². The summed E-state index contributed by atoms with van der Waals surface area (Å²) >= 11 is 12.1. The minimum Gasteiger partial charge on any atom is -0.385 e. The third-order valence-electron chi connectivity index (χ3n) is 3.70. The highest BCUT2D eigenvalue weighted by molar-refractivity contribution is 6.35. The van der Waals surface area contributed by atoms with E-state index in [2.05, 4.69) is 9.98 Å². The molecule has 2 heterocycles. The van der Waals surface area contributed by atoms with E-state index in [4.69, 9.17) is 33.7 Å². The van der Waals surface area contributed by atoms with E-state index in [1.54, 1.807) is 43.5 Å². The summed E-state index contributed by atoms with van der Waals surface area (Å²) in [7, 11) is 0. The smallest absolute Gasteiger partial charge is 0.228 e. The number of amidine groups is 1. The molecule has 2 aromatic rings. The number of nitrogens with two attached hydrogens (primary N) is 1. The average molecular weight is 354 g/mol. The number of benzene rings is 1. The Balaban J connectivity index is 2.08. The van der Waals surface area contributed by atoms with Crippen molar-refractivity contribution in [1.29, 1.82) is 0 Å². The van der Waals surface area contributed by atoms with Gasteiger partial charge in [0.05, 0.1) is 5.69 Å². The van der Waals surface area contributed by atoms with Crippen molar-refractivity contribution < 1.29 is 9.13 Å². The number of rotatable bonds is 2. The first kappa shape index (κ1) is 16.2. The van der Waals surface area contributed by atoms with Crippen molar-refractivity contribution in [3.8, 4) is 11.3 Å². The van der Waals surface area contributed by atoms with E-state index in [0.29, 0.717) is 21.3 Å². The minimum absolute atomic E-state index is 0.0153. The van der Waals surface area contributed by atoms with Crippen LogP contribution in [0.15, 0.2) is 41.5 Å². The summed E-state index contributed by atoms with van der Waals surface area (Å²) in [4.78, 5) is 8.55. The lowest BCUT2D eigenvalue weighted by Crippen LogP contribution is -2.43. The molecule has 3 rings (SSSR count). The number of nitrogens with zero attached hydrogens (tertiary/aromatic N) is 2. The van der Waals surface area contributed by atoms with Crippen molar-refractivity contribution in [2.24, 2.45) is 10.7 Å². The summed E-state index contributed by atoms with van der Waals surface area (Å²) in [6.07, 6.45) is -0.00870. The zero-order chi connectivity index (χ0) is 16.6. The highest BCUT2D eigenvalue weighted by atomic mass is 35.5. The topological polar surface area (TPSA) is 60.5 Å². The fourth-order valence-corrected chi connectivity index (χ4v) is 3.03. The highest BCUT2D eigenvalue weighted by Gasteiger charge is 2.40. The van der Waals surface area contributed by atoms with Crippen LogP contribution in [0.1, 0.15) is 12.5 Å². The molecule has 120 valence electrons. The normalized spacial score (nSPS) is 24.3. The molecule has 1 aliphatic heterocycles. The van der Waals surface area contributed by atoms with Crippen molar-refractivity contribution in [2.45, 2.75) is 18.8 Å². The number of alkyl halides is 1. The fourth-order valence-electron chi connectivity index (χ4n) is 2.50. The minimum atomic E-state index is -1.59. The summed E-state index contributed by atoms with van der Waals surface area (Å²) in [5.74, 6) is 0.255. The number of hydrogen-bond acceptors (Lipinski definition) is 4. The van der Waals surface area contributed by atoms with Gasteiger partial charge >= 0.3 is 0 Å². The Hall–Kier alpha value is -1.69. The molecule has 0 fully saturated rings. The van der Waals surface area contributed by atoms with E-state index in [9.17, 15) is 4.39 Å². The fraction of sp³-hybridized carbons (Fsp3) is 0.250. The van der Waals surface area contributed by atoms with Crippen molar-refractivity contribution in [3.05, 3.63) is 52.1 Å². The van der Waals surface area contributed by atoms with E-state index in [-0.39, 0.29) is 12.4 Å². The zero-order valence-electron chi connectivity index (χ0n) is 12.3. The molecule has 0 saturated carbocycles. The van der Waals surface area contributed by atoms with E-state index in [0.717, 1.165) is 5.56 Å². The van der Waals surface area contributed by atoms with Crippen LogP contribution >= 0.6 is 23.2 Å². The Morgan fingerprint density at radius 3 is 2.65 bits per heavy atom. The van der Waals surface area contributed by atoms with Crippen molar-refractivity contribution in [2.75, 3.05) is 6.61 Å². The molecule has 0 spiro atoms. The molecule has 1 aromatic heterocycles. The lowest BCUT2D eigenvalue weighted by atomic mass is 9.91. The Labute approximate surface area is 143 Å². The van der Waals surface area contributed by atoms with Gasteiger partial charge in [0, 0.05) is 21.8 Å². The van der Waals surface area contributed by atoms with Gasteiger partial charge in [0.25, 0.3) is 0 Å². The van der Waals surface area contributed by atoms with Crippen LogP contribution < -0.4 is 5.73 Å². The predicted octanol–water partition coefficient (Wildman–Crippen LogP) is 3.95. The zero-order valence-corrected chi connectivity index (χ0v) is 13.8. The van der Waals surface area contributed by atoms with E-state index < -0.39 is 11.9 Å². The average Bonchev–Trinajstić information content (AvgIpc) is 2.50. The number of hydrogen-bond donors (Lipinski definition) is 1. The van der Waals surface area contributed by atoms with Gasteiger partial charge in [0.2, 0.25) is 6.36 Å². The molecule has 0 aliphatic carbocycles. The van der Waals surface area contributed by atoms with Crippen LogP contribution in [-0.2, 0) is 10.3 Å². The molecule has 7 heteroatoms. The van der Waals surface area contributed by atoms with E-state index in [1.807, 2.05) is 0 Å². The van der Waals surface area contributed by atoms with Gasteiger partial charge in [-0.2, -0.15) is 0 Å². The Morgan fingerprint density at radius 2 is 1.96 bits per heavy atom. The third kappa shape index (κ3) is 3.17. The monoisotopic (exact) mass is 353 g/mol. The molecule has 2 atom stereocenters. The quantitative estimate of drug-likeness (QED) is 0.888. The molecular formula is C16H14Cl2FN3O. The van der Waals surface area contributed by atoms with Gasteiger partial charge in [-0.3, -0.25) is 9.98 Å². The standard InChI is InChI=1S/C16H14Cl2FN3O/c1-16(15(19)23-8-14(20)22-16)10-2-3-21-13(6-10)9-4-11(17)7-12(18)5-9/h2-7,15H,8H2,1H3,(H2,20,22)/t15-,16-/m0/s1. The van der Waals surface area contributed by atoms with Gasteiger partial charge in [-0.1, -0.05) is 23.2 Å². The van der Waals surface area contributed by atoms with Crippen LogP contribution in [0.4, 0.5) is 4.39 Å². The van der Waals surface area contributed by atoms with Crippen LogP contribution in [0, 0.1) is 0 Å². The maximum absolute atomic E-state index is 14.3. The second-order valence-corrected chi connectivity index (χ2v) is 6.34. The molecular weight excluding hydrogens is 340 g/mol. The Bertz CT molecular complexity index is 763. The highest BCUT2D eigenvalue weighted by Crippen LogP contribution is 2.36. The number of ether oxygens (including phenoxy) is 1. The lowest BCUT2D eigenvalue weighted by Gasteiger charge is -2.33. The molecule has 1 aromatic carbocycles. The summed E-state index contributed by atoms with van der Waals surface area (Å²) in [5.41, 5.74) is 6.44. The van der Waals surface area contributed by atoms with Gasteiger partial charge in [0.1, 0.15) is 18.0 Å². The maximum Gasteiger partial charge on any atom is 0.228 e. The van der Waals surface area contributed by atoms with E-state index in [1.165, 1.54) is 0 Å². The first-order valence-electron chi connectivity index (χ1n) is 6.91. The maximum atomic E-state index is 14.3. The van der Waals surface area contributed by atoms with Crippen molar-refractivity contribution >= 4 is 29.0 Å². The van der Waals surface area contributed by atoms with Crippen LogP contribution in [-0.4, -0.2) is 23.8 Å². The van der Waals surface area contributed by atoms with Gasteiger partial charge in [-0.05, 0) is 42.8 Å². The van der Waals surface area contributed by atoms with Crippen LogP contribution in [0.2, 0.25) is 10.0 Å². The second kappa shape index (κ2) is 6.07. The first-order valence-corrected chi connectivity index (χ1v) is 7.67. The van der Waals surface area contributed by atoms with Gasteiger partial charge in [0.15, 0.2) is 0 Å². The molecule has 0 radical (unpaired) electrons. The van der Waals surface area contributed by atoms with Gasteiger partial charge < -0.3 is 10.5 Å². The molecule has 0 saturated heterocycles. The molecule has 1 aliphatic rings. The van der Waals surface area contributed by atoms with Crippen molar-refractivity contribution in [3.63, 3.8) is 0 Å². The summed E-state index contributed by atoms with van der Waals surface area (Å²) in [5, 5.41) is 0.995. The molecule has 23 heavy (non-hydrogen) atoms. The number of halogens is 3. The van der Waals surface area contributed by atoms with Gasteiger partial charge in [-0.25, -0.2) is 4.39 Å². The lowest BCUT2D eigenvalue weighted by molar-refractivity contribution is -0.0796. The summed E-state index contributed by atoms with van der Waals surface area (Å²) in [6, 6.07) is 8.54. The van der Waals surface area contributed by atoms with Crippen LogP contribution in [0.5, 0.6) is 0 Å². The van der Waals surface area contributed by atoms with Gasteiger partial charge in [-0.15, -0.1) is 0 Å². The molecule has 2 N–H and O–H groups in total. The summed E-state index contributed by atoms with van der Waals surface area (Å²) < 4.78 is 19.4. The number of aliphatic imine (C=N–C) groups is 1. The Kier molecular flexibility index (Phi) is 4.27. The molecule has 4 nitrogen and oxygen atoms in total. The predicted molar refractivity (Wildman–Crippen MR) is 89.5 cm³/mol. The largest absolute Gasteiger partial charge is 0.385 e. The second-order valence-electron chi connectivity index (χ2n) is 5.47. The first-order chi connectivity index (χ1) is 10.9. The van der Waals surface area contributed by atoms with Crippen molar-refractivity contribution in [1.82, 2.24) is 4.98 Å². The summed E-state index contributed by atoms with van der Waals surface area (Å²) in [6.45, 7) is 1.62. The molecule has 0 amide bonds. The number of pyridine rings is 1. The molecule has 0 unspecified atom stereocenters. The number of aromatic nitrogens is 1.